The first-order valence-corrected chi connectivity index (χ1v) is 6.54. The van der Waals surface area contributed by atoms with Gasteiger partial charge in [0.05, 0.1) is 0 Å². The number of nitrogens with zero attached hydrogens (tertiary/aromatic N) is 1. The highest BCUT2D eigenvalue weighted by Crippen LogP contribution is 2.33. The Morgan fingerprint density at radius 2 is 2.18 bits per heavy atom. The van der Waals surface area contributed by atoms with Crippen LogP contribution in [0.1, 0.15) is 38.3 Å². The molecular formula is C14H23N3. The topological polar surface area (TPSA) is 50.9 Å². The summed E-state index contributed by atoms with van der Waals surface area (Å²) in [5.41, 5.74) is 8.29. The van der Waals surface area contributed by atoms with Crippen molar-refractivity contribution in [2.24, 2.45) is 11.7 Å². The number of aryl methyl sites for hydroxylation is 1. The average Bonchev–Trinajstić information content (AvgIpc) is 2.33. The van der Waals surface area contributed by atoms with Crippen molar-refractivity contribution < 1.29 is 0 Å². The Morgan fingerprint density at radius 1 is 1.47 bits per heavy atom. The molecule has 1 aliphatic rings. The number of aromatic nitrogens is 1. The van der Waals surface area contributed by atoms with Crippen molar-refractivity contribution in [1.82, 2.24) is 4.98 Å². The third-order valence-corrected chi connectivity index (χ3v) is 3.93. The highest BCUT2D eigenvalue weighted by atomic mass is 15.0. The molecule has 1 aromatic heterocycles. The number of anilines is 1. The lowest BCUT2D eigenvalue weighted by atomic mass is 9.77. The maximum atomic E-state index is 5.99. The first-order valence-electron chi connectivity index (χ1n) is 6.54. The zero-order valence-electron chi connectivity index (χ0n) is 10.9. The van der Waals surface area contributed by atoms with Crippen molar-refractivity contribution in [1.29, 1.82) is 0 Å². The monoisotopic (exact) mass is 233 g/mol. The molecule has 94 valence electrons. The largest absolute Gasteiger partial charge is 0.378 e. The fourth-order valence-electron chi connectivity index (χ4n) is 2.62. The van der Waals surface area contributed by atoms with Gasteiger partial charge in [0.15, 0.2) is 0 Å². The molecule has 0 spiro atoms. The Morgan fingerprint density at radius 3 is 2.76 bits per heavy atom. The van der Waals surface area contributed by atoms with Gasteiger partial charge in [-0.2, -0.15) is 0 Å². The number of rotatable bonds is 3. The first-order chi connectivity index (χ1) is 8.13. The third kappa shape index (κ3) is 2.97. The summed E-state index contributed by atoms with van der Waals surface area (Å²) in [6.45, 7) is 5.06. The highest BCUT2D eigenvalue weighted by Gasteiger charge is 2.32. The molecule has 1 saturated carbocycles. The van der Waals surface area contributed by atoms with Crippen LogP contribution < -0.4 is 11.1 Å². The summed E-state index contributed by atoms with van der Waals surface area (Å²) in [5, 5.41) is 3.64. The number of hydrogen-bond donors (Lipinski definition) is 2. The van der Waals surface area contributed by atoms with E-state index in [0.29, 0.717) is 6.54 Å². The molecule has 2 rings (SSSR count). The maximum Gasteiger partial charge on any atom is 0.0495 e. The van der Waals surface area contributed by atoms with Gasteiger partial charge in [0.1, 0.15) is 0 Å². The van der Waals surface area contributed by atoms with E-state index in [9.17, 15) is 0 Å². The molecule has 0 atom stereocenters. The van der Waals surface area contributed by atoms with Gasteiger partial charge in [-0.3, -0.25) is 4.98 Å². The molecule has 0 radical (unpaired) electrons. The Kier molecular flexibility index (Phi) is 3.67. The molecule has 0 saturated heterocycles. The van der Waals surface area contributed by atoms with E-state index >= 15 is 0 Å². The van der Waals surface area contributed by atoms with Gasteiger partial charge in [-0.05, 0) is 50.7 Å². The Balaban J connectivity index is 2.09. The van der Waals surface area contributed by atoms with Crippen LogP contribution in [-0.2, 0) is 0 Å². The molecular weight excluding hydrogens is 210 g/mol. The molecule has 1 fully saturated rings. The van der Waals surface area contributed by atoms with E-state index in [1.807, 2.05) is 19.2 Å². The average molecular weight is 233 g/mol. The van der Waals surface area contributed by atoms with Crippen LogP contribution in [0, 0.1) is 12.8 Å². The van der Waals surface area contributed by atoms with Gasteiger partial charge in [0.25, 0.3) is 0 Å². The van der Waals surface area contributed by atoms with Crippen molar-refractivity contribution in [3.63, 3.8) is 0 Å². The van der Waals surface area contributed by atoms with Crippen LogP contribution >= 0.6 is 0 Å². The summed E-state index contributed by atoms with van der Waals surface area (Å²) in [6, 6.07) is 4.12. The van der Waals surface area contributed by atoms with Gasteiger partial charge in [-0.1, -0.05) is 6.92 Å². The van der Waals surface area contributed by atoms with Crippen LogP contribution in [0.25, 0.3) is 0 Å². The molecule has 0 amide bonds. The Bertz CT molecular complexity index is 367. The van der Waals surface area contributed by atoms with Crippen molar-refractivity contribution in [3.8, 4) is 0 Å². The molecule has 1 heterocycles. The van der Waals surface area contributed by atoms with Gasteiger partial charge >= 0.3 is 0 Å². The van der Waals surface area contributed by atoms with Crippen molar-refractivity contribution in [2.75, 3.05) is 11.9 Å². The molecule has 0 aliphatic heterocycles. The SMILES string of the molecule is Cc1cc(NC2(CN)CCC(C)CC2)ccn1. The van der Waals surface area contributed by atoms with Gasteiger partial charge in [-0.25, -0.2) is 0 Å². The van der Waals surface area contributed by atoms with Crippen LogP contribution in [0.5, 0.6) is 0 Å². The van der Waals surface area contributed by atoms with Crippen LogP contribution in [0.4, 0.5) is 5.69 Å². The predicted octanol–water partition coefficient (Wildman–Crippen LogP) is 2.71. The molecule has 1 aliphatic carbocycles. The molecule has 0 unspecified atom stereocenters. The summed E-state index contributed by atoms with van der Waals surface area (Å²) >= 11 is 0. The number of nitrogens with two attached hydrogens (primary N) is 1. The van der Waals surface area contributed by atoms with E-state index < -0.39 is 0 Å². The van der Waals surface area contributed by atoms with Crippen molar-refractivity contribution >= 4 is 5.69 Å². The predicted molar refractivity (Wildman–Crippen MR) is 72.0 cm³/mol. The summed E-state index contributed by atoms with van der Waals surface area (Å²) in [5.74, 6) is 0.843. The number of nitrogens with one attached hydrogen (secondary N) is 1. The van der Waals surface area contributed by atoms with E-state index in [1.54, 1.807) is 0 Å². The second kappa shape index (κ2) is 5.05. The van der Waals surface area contributed by atoms with E-state index in [0.717, 1.165) is 17.3 Å². The molecule has 3 nitrogen and oxygen atoms in total. The van der Waals surface area contributed by atoms with E-state index in [2.05, 4.69) is 23.3 Å². The fourth-order valence-corrected chi connectivity index (χ4v) is 2.62. The van der Waals surface area contributed by atoms with Crippen LogP contribution in [0.15, 0.2) is 18.3 Å². The van der Waals surface area contributed by atoms with Gasteiger partial charge in [-0.15, -0.1) is 0 Å². The summed E-state index contributed by atoms with van der Waals surface area (Å²) < 4.78 is 0. The molecule has 3 heteroatoms. The van der Waals surface area contributed by atoms with E-state index in [1.165, 1.54) is 25.7 Å². The quantitative estimate of drug-likeness (QED) is 0.844. The lowest BCUT2D eigenvalue weighted by Crippen LogP contribution is -2.48. The standard InChI is InChI=1S/C14H23N3/c1-11-3-6-14(10-15,7-4-11)17-13-5-8-16-12(2)9-13/h5,8-9,11H,3-4,6-7,10,15H2,1-2H3,(H,16,17). The molecule has 17 heavy (non-hydrogen) atoms. The lowest BCUT2D eigenvalue weighted by Gasteiger charge is -2.40. The van der Waals surface area contributed by atoms with E-state index in [4.69, 9.17) is 5.73 Å². The minimum atomic E-state index is 0.0975. The highest BCUT2D eigenvalue weighted by molar-refractivity contribution is 5.46. The third-order valence-electron chi connectivity index (χ3n) is 3.93. The molecule has 1 aromatic rings. The zero-order valence-corrected chi connectivity index (χ0v) is 10.9. The smallest absolute Gasteiger partial charge is 0.0495 e. The molecule has 3 N–H and O–H groups in total. The maximum absolute atomic E-state index is 5.99. The molecule has 0 bridgehead atoms. The second-order valence-electron chi connectivity index (χ2n) is 5.48. The number of pyridine rings is 1. The van der Waals surface area contributed by atoms with E-state index in [-0.39, 0.29) is 5.54 Å². The summed E-state index contributed by atoms with van der Waals surface area (Å²) in [6.07, 6.45) is 6.74. The van der Waals surface area contributed by atoms with Crippen molar-refractivity contribution in [3.05, 3.63) is 24.0 Å². The molecule has 0 aromatic carbocycles. The zero-order chi connectivity index (χ0) is 12.3. The first kappa shape index (κ1) is 12.4. The van der Waals surface area contributed by atoms with Gasteiger partial charge < -0.3 is 11.1 Å². The fraction of sp³-hybridized carbons (Fsp3) is 0.643. The number of hydrogen-bond acceptors (Lipinski definition) is 3. The van der Waals surface area contributed by atoms with Crippen LogP contribution in [-0.4, -0.2) is 17.1 Å². The second-order valence-corrected chi connectivity index (χ2v) is 5.48. The van der Waals surface area contributed by atoms with Crippen LogP contribution in [0.2, 0.25) is 0 Å². The normalized spacial score (nSPS) is 29.0. The van der Waals surface area contributed by atoms with Gasteiger partial charge in [0.2, 0.25) is 0 Å². The minimum Gasteiger partial charge on any atom is -0.378 e. The summed E-state index contributed by atoms with van der Waals surface area (Å²) in [7, 11) is 0. The van der Waals surface area contributed by atoms with Crippen molar-refractivity contribution in [2.45, 2.75) is 45.1 Å². The summed E-state index contributed by atoms with van der Waals surface area (Å²) in [4.78, 5) is 4.22. The Labute approximate surface area is 104 Å². The Hall–Kier alpha value is -1.09. The lowest BCUT2D eigenvalue weighted by molar-refractivity contribution is 0.272. The van der Waals surface area contributed by atoms with Crippen LogP contribution in [0.3, 0.4) is 0 Å². The minimum absolute atomic E-state index is 0.0975. The van der Waals surface area contributed by atoms with Gasteiger partial charge in [0, 0.05) is 29.7 Å².